The third kappa shape index (κ3) is 4.16. The summed E-state index contributed by atoms with van der Waals surface area (Å²) >= 11 is 0. The Bertz CT molecular complexity index is 1230. The molecule has 1 fully saturated rings. The molecule has 1 unspecified atom stereocenters. The van der Waals surface area contributed by atoms with Crippen LogP contribution in [0.15, 0.2) is 70.9 Å². The van der Waals surface area contributed by atoms with Gasteiger partial charge < -0.3 is 19.5 Å². The summed E-state index contributed by atoms with van der Waals surface area (Å²) in [6.45, 7) is 8.14. The molecule has 6 heteroatoms. The smallest absolute Gasteiger partial charge is 0.296 e. The van der Waals surface area contributed by atoms with Crippen LogP contribution in [0, 0.1) is 6.92 Å². The second-order valence-corrected chi connectivity index (χ2v) is 9.38. The van der Waals surface area contributed by atoms with E-state index in [2.05, 4.69) is 20.8 Å². The van der Waals surface area contributed by atoms with E-state index in [0.29, 0.717) is 16.9 Å². The number of aliphatic hydroxyl groups excluding tert-OH is 1. The molecule has 1 saturated heterocycles. The number of phenolic OH excluding ortho intramolecular Hbond substituents is 1. The third-order valence-corrected chi connectivity index (χ3v) is 6.01. The number of furan rings is 1. The van der Waals surface area contributed by atoms with Crippen molar-refractivity contribution in [2.45, 2.75) is 45.7 Å². The average molecular weight is 446 g/mol. The van der Waals surface area contributed by atoms with Crippen molar-refractivity contribution < 1.29 is 24.2 Å². The zero-order chi connectivity index (χ0) is 23.9. The maximum absolute atomic E-state index is 13.2. The van der Waals surface area contributed by atoms with E-state index < -0.39 is 17.7 Å². The summed E-state index contributed by atoms with van der Waals surface area (Å²) in [6.07, 6.45) is 1.50. The van der Waals surface area contributed by atoms with E-state index in [1.165, 1.54) is 23.3 Å². The SMILES string of the molecule is Cc1ccc(C(C)(C)C)cc1/C(O)=C1\C(=O)C(=O)N(Cc2ccco2)C1c1ccc(O)cc1. The molecule has 3 aromatic rings. The van der Waals surface area contributed by atoms with Gasteiger partial charge in [0.05, 0.1) is 24.4 Å². The lowest BCUT2D eigenvalue weighted by Gasteiger charge is -2.25. The number of carbonyl (C=O) groups is 2. The van der Waals surface area contributed by atoms with Gasteiger partial charge in [0.2, 0.25) is 0 Å². The van der Waals surface area contributed by atoms with Crippen molar-refractivity contribution >= 4 is 17.4 Å². The molecule has 2 N–H and O–H groups in total. The first kappa shape index (κ1) is 22.4. The molecule has 1 atom stereocenters. The lowest BCUT2D eigenvalue weighted by Crippen LogP contribution is -2.29. The number of nitrogens with zero attached hydrogens (tertiary/aromatic N) is 1. The Hall–Kier alpha value is -3.80. The maximum Gasteiger partial charge on any atom is 0.296 e. The average Bonchev–Trinajstić information content (AvgIpc) is 3.36. The fourth-order valence-electron chi connectivity index (χ4n) is 4.11. The quantitative estimate of drug-likeness (QED) is 0.327. The van der Waals surface area contributed by atoms with Gasteiger partial charge >= 0.3 is 0 Å². The van der Waals surface area contributed by atoms with Crippen molar-refractivity contribution in [2.75, 3.05) is 0 Å². The van der Waals surface area contributed by atoms with E-state index >= 15 is 0 Å². The number of carbonyl (C=O) groups excluding carboxylic acids is 2. The fourth-order valence-corrected chi connectivity index (χ4v) is 4.11. The highest BCUT2D eigenvalue weighted by Crippen LogP contribution is 2.41. The first-order chi connectivity index (χ1) is 15.6. The summed E-state index contributed by atoms with van der Waals surface area (Å²) in [5.74, 6) is -1.09. The molecule has 0 radical (unpaired) electrons. The number of benzene rings is 2. The predicted molar refractivity (Wildman–Crippen MR) is 125 cm³/mol. The number of phenols is 1. The Morgan fingerprint density at radius 1 is 1.06 bits per heavy atom. The molecule has 0 aliphatic carbocycles. The molecule has 1 aliphatic rings. The van der Waals surface area contributed by atoms with Crippen molar-refractivity contribution in [1.29, 1.82) is 0 Å². The van der Waals surface area contributed by atoms with Gasteiger partial charge in [-0.2, -0.15) is 0 Å². The zero-order valence-electron chi connectivity index (χ0n) is 19.1. The minimum absolute atomic E-state index is 0.0198. The lowest BCUT2D eigenvalue weighted by molar-refractivity contribution is -0.140. The summed E-state index contributed by atoms with van der Waals surface area (Å²) in [5, 5.41) is 21.2. The van der Waals surface area contributed by atoms with E-state index in [1.807, 2.05) is 25.1 Å². The second-order valence-electron chi connectivity index (χ2n) is 9.38. The van der Waals surface area contributed by atoms with Gasteiger partial charge in [0, 0.05) is 5.56 Å². The largest absolute Gasteiger partial charge is 0.508 e. The van der Waals surface area contributed by atoms with Gasteiger partial charge in [-0.05, 0) is 59.4 Å². The molecule has 6 nitrogen and oxygen atoms in total. The predicted octanol–water partition coefficient (Wildman–Crippen LogP) is 5.21. The van der Waals surface area contributed by atoms with Gasteiger partial charge in [-0.15, -0.1) is 0 Å². The number of hydrogen-bond acceptors (Lipinski definition) is 5. The monoisotopic (exact) mass is 445 g/mol. The highest BCUT2D eigenvalue weighted by atomic mass is 16.3. The Morgan fingerprint density at radius 2 is 1.76 bits per heavy atom. The summed E-state index contributed by atoms with van der Waals surface area (Å²) in [5.41, 5.74) is 2.77. The minimum Gasteiger partial charge on any atom is -0.508 e. The van der Waals surface area contributed by atoms with E-state index in [0.717, 1.165) is 11.1 Å². The zero-order valence-corrected chi connectivity index (χ0v) is 19.1. The van der Waals surface area contributed by atoms with Gasteiger partial charge in [-0.1, -0.05) is 45.0 Å². The maximum atomic E-state index is 13.2. The van der Waals surface area contributed by atoms with Crippen LogP contribution in [0.4, 0.5) is 0 Å². The summed E-state index contributed by atoms with van der Waals surface area (Å²) < 4.78 is 5.41. The normalized spacial score (nSPS) is 18.2. The molecule has 33 heavy (non-hydrogen) atoms. The Labute approximate surface area is 192 Å². The molecule has 0 bridgehead atoms. The molecular weight excluding hydrogens is 418 g/mol. The number of ketones is 1. The Kier molecular flexibility index (Phi) is 5.62. The van der Waals surface area contributed by atoms with Crippen LogP contribution in [-0.2, 0) is 21.5 Å². The molecule has 1 aromatic heterocycles. The molecule has 1 aliphatic heterocycles. The highest BCUT2D eigenvalue weighted by molar-refractivity contribution is 6.46. The third-order valence-electron chi connectivity index (χ3n) is 6.01. The van der Waals surface area contributed by atoms with E-state index in [-0.39, 0.29) is 29.0 Å². The number of aliphatic hydroxyl groups is 1. The topological polar surface area (TPSA) is 91.0 Å². The summed E-state index contributed by atoms with van der Waals surface area (Å²) in [6, 6.07) is 14.7. The number of aromatic hydroxyl groups is 1. The van der Waals surface area contributed by atoms with Crippen LogP contribution in [0.25, 0.3) is 5.76 Å². The van der Waals surface area contributed by atoms with Crippen LogP contribution in [0.2, 0.25) is 0 Å². The van der Waals surface area contributed by atoms with Gasteiger partial charge in [0.25, 0.3) is 11.7 Å². The molecular formula is C27H27NO5. The minimum atomic E-state index is -0.826. The second kappa shape index (κ2) is 8.28. The summed E-state index contributed by atoms with van der Waals surface area (Å²) in [4.78, 5) is 27.7. The van der Waals surface area contributed by atoms with E-state index in [1.54, 1.807) is 24.3 Å². The number of amides is 1. The van der Waals surface area contributed by atoms with Crippen LogP contribution in [-0.4, -0.2) is 26.8 Å². The van der Waals surface area contributed by atoms with Gasteiger partial charge in [-0.25, -0.2) is 0 Å². The van der Waals surface area contributed by atoms with E-state index in [4.69, 9.17) is 4.42 Å². The van der Waals surface area contributed by atoms with Crippen LogP contribution in [0.1, 0.15) is 54.8 Å². The number of likely N-dealkylation sites (tertiary alicyclic amines) is 1. The van der Waals surface area contributed by atoms with Gasteiger partial charge in [-0.3, -0.25) is 9.59 Å². The first-order valence-electron chi connectivity index (χ1n) is 10.8. The Balaban J connectivity index is 1.91. The van der Waals surface area contributed by atoms with Gasteiger partial charge in [0.1, 0.15) is 17.3 Å². The molecule has 0 spiro atoms. The molecule has 0 saturated carbocycles. The molecule has 4 rings (SSSR count). The number of Topliss-reactive ketones (excluding diaryl/α,β-unsaturated/α-hetero) is 1. The summed E-state index contributed by atoms with van der Waals surface area (Å²) in [7, 11) is 0. The molecule has 170 valence electrons. The van der Waals surface area contributed by atoms with Gasteiger partial charge in [0.15, 0.2) is 0 Å². The van der Waals surface area contributed by atoms with E-state index in [9.17, 15) is 19.8 Å². The number of aryl methyl sites for hydroxylation is 1. The Morgan fingerprint density at radius 3 is 2.36 bits per heavy atom. The highest BCUT2D eigenvalue weighted by Gasteiger charge is 2.46. The van der Waals surface area contributed by atoms with Crippen molar-refractivity contribution in [3.63, 3.8) is 0 Å². The number of hydrogen-bond donors (Lipinski definition) is 2. The molecule has 2 aromatic carbocycles. The van der Waals surface area contributed by atoms with Crippen LogP contribution in [0.5, 0.6) is 5.75 Å². The molecule has 2 heterocycles. The van der Waals surface area contributed by atoms with Crippen molar-refractivity contribution in [2.24, 2.45) is 0 Å². The fraction of sp³-hybridized carbons (Fsp3) is 0.259. The van der Waals surface area contributed by atoms with Crippen LogP contribution < -0.4 is 0 Å². The lowest BCUT2D eigenvalue weighted by atomic mass is 9.84. The standard InChI is InChI=1S/C27H27NO5/c1-16-7-10-18(27(2,3)4)14-21(16)24(30)22-23(17-8-11-19(29)12-9-17)28(26(32)25(22)31)15-20-6-5-13-33-20/h5-14,23,29-30H,15H2,1-4H3/b24-22+. The first-order valence-corrected chi connectivity index (χ1v) is 10.8. The van der Waals surface area contributed by atoms with Crippen LogP contribution in [0.3, 0.4) is 0 Å². The number of rotatable bonds is 4. The molecule has 1 amide bonds. The van der Waals surface area contributed by atoms with Crippen molar-refractivity contribution in [3.8, 4) is 5.75 Å². The van der Waals surface area contributed by atoms with Crippen LogP contribution >= 0.6 is 0 Å². The van der Waals surface area contributed by atoms with Crippen molar-refractivity contribution in [3.05, 3.63) is 94.4 Å². The van der Waals surface area contributed by atoms with Crippen molar-refractivity contribution in [1.82, 2.24) is 4.90 Å².